The number of phenols is 1. The van der Waals surface area contributed by atoms with E-state index in [1.54, 1.807) is 44.2 Å². The van der Waals surface area contributed by atoms with E-state index in [0.29, 0.717) is 16.1 Å². The van der Waals surface area contributed by atoms with Crippen LogP contribution in [0.25, 0.3) is 0 Å². The standard InChI is InChI=1S/C25H21Cl3N2O6/c1-3-35-25(34)23(32)29-17-9-14(2)22(20(27)11-17)36-18-7-8-21(31)19(12-18)24(33)30(28)13-15-5-4-6-16(26)10-15/h4-12,31H,3,13H2,1-2H3,(H,29,32). The molecule has 0 fully saturated rings. The fraction of sp³-hybridized carbons (Fsp3) is 0.160. The van der Waals surface area contributed by atoms with Gasteiger partial charge in [0.25, 0.3) is 5.91 Å². The van der Waals surface area contributed by atoms with Crippen molar-refractivity contribution in [1.29, 1.82) is 0 Å². The van der Waals surface area contributed by atoms with Crippen LogP contribution in [0.3, 0.4) is 0 Å². The first-order valence-electron chi connectivity index (χ1n) is 10.6. The minimum absolute atomic E-state index is 0.0510. The number of halogens is 3. The number of carbonyl (C=O) groups excluding carboxylic acids is 3. The van der Waals surface area contributed by atoms with Gasteiger partial charge in [-0.2, -0.15) is 0 Å². The molecule has 188 valence electrons. The SMILES string of the molecule is CCOC(=O)C(=O)Nc1cc(C)c(Oc2ccc(O)c(C(=O)N(Cl)Cc3cccc(Cl)c3)c2)c(Cl)c1. The normalized spacial score (nSPS) is 10.5. The van der Waals surface area contributed by atoms with E-state index in [0.717, 1.165) is 4.42 Å². The molecule has 2 N–H and O–H groups in total. The van der Waals surface area contributed by atoms with Crippen LogP contribution in [0.1, 0.15) is 28.4 Å². The minimum Gasteiger partial charge on any atom is -0.507 e. The van der Waals surface area contributed by atoms with Gasteiger partial charge in [0.2, 0.25) is 0 Å². The van der Waals surface area contributed by atoms with Gasteiger partial charge in [-0.3, -0.25) is 9.59 Å². The van der Waals surface area contributed by atoms with Gasteiger partial charge < -0.3 is 19.9 Å². The molecule has 0 heterocycles. The van der Waals surface area contributed by atoms with Crippen molar-refractivity contribution in [2.75, 3.05) is 11.9 Å². The molecule has 3 aromatic carbocycles. The quantitative estimate of drug-likeness (QED) is 0.209. The van der Waals surface area contributed by atoms with Crippen LogP contribution in [0.4, 0.5) is 5.69 Å². The topological polar surface area (TPSA) is 105 Å². The average molecular weight is 552 g/mol. The number of benzene rings is 3. The molecule has 0 aliphatic rings. The van der Waals surface area contributed by atoms with Crippen molar-refractivity contribution < 1.29 is 29.0 Å². The molecule has 36 heavy (non-hydrogen) atoms. The zero-order valence-electron chi connectivity index (χ0n) is 19.2. The van der Waals surface area contributed by atoms with E-state index in [1.807, 2.05) is 0 Å². The highest BCUT2D eigenvalue weighted by atomic mass is 35.5. The minimum atomic E-state index is -1.02. The van der Waals surface area contributed by atoms with Gasteiger partial charge in [-0.1, -0.05) is 35.3 Å². The predicted molar refractivity (Wildman–Crippen MR) is 137 cm³/mol. The summed E-state index contributed by atoms with van der Waals surface area (Å²) in [6.07, 6.45) is 0. The molecule has 0 saturated heterocycles. The van der Waals surface area contributed by atoms with Crippen LogP contribution >= 0.6 is 35.0 Å². The fourth-order valence-electron chi connectivity index (χ4n) is 3.18. The Balaban J connectivity index is 1.78. The molecule has 0 radical (unpaired) electrons. The second-order valence-electron chi connectivity index (χ2n) is 7.52. The van der Waals surface area contributed by atoms with Crippen LogP contribution in [0.15, 0.2) is 54.6 Å². The molecule has 0 aliphatic heterocycles. The molecule has 0 aliphatic carbocycles. The first-order chi connectivity index (χ1) is 17.1. The summed E-state index contributed by atoms with van der Waals surface area (Å²) in [6.45, 7) is 3.39. The van der Waals surface area contributed by atoms with Gasteiger partial charge in [0, 0.05) is 22.5 Å². The van der Waals surface area contributed by atoms with Crippen LogP contribution < -0.4 is 10.1 Å². The van der Waals surface area contributed by atoms with Crippen LogP contribution in [-0.4, -0.2) is 33.9 Å². The van der Waals surface area contributed by atoms with E-state index in [1.165, 1.54) is 24.3 Å². The largest absolute Gasteiger partial charge is 0.507 e. The van der Waals surface area contributed by atoms with Crippen LogP contribution in [0, 0.1) is 6.92 Å². The monoisotopic (exact) mass is 550 g/mol. The molecule has 8 nitrogen and oxygen atoms in total. The number of amides is 2. The molecule has 2 amide bonds. The Morgan fingerprint density at radius 1 is 1.06 bits per heavy atom. The van der Waals surface area contributed by atoms with E-state index < -0.39 is 17.8 Å². The Morgan fingerprint density at radius 2 is 1.81 bits per heavy atom. The number of esters is 1. The second kappa shape index (κ2) is 12.0. The maximum atomic E-state index is 12.9. The van der Waals surface area contributed by atoms with Gasteiger partial charge in [-0.05, 0) is 67.4 Å². The molecule has 3 aromatic rings. The number of hydrogen-bond donors (Lipinski definition) is 2. The summed E-state index contributed by atoms with van der Waals surface area (Å²) in [5.74, 6) is -2.44. The zero-order chi connectivity index (χ0) is 26.4. The molecule has 11 heteroatoms. The van der Waals surface area contributed by atoms with Crippen LogP contribution in [-0.2, 0) is 20.9 Å². The van der Waals surface area contributed by atoms with E-state index >= 15 is 0 Å². The number of nitrogens with one attached hydrogen (secondary N) is 1. The lowest BCUT2D eigenvalue weighted by molar-refractivity contribution is -0.152. The second-order valence-corrected chi connectivity index (χ2v) is 8.77. The Morgan fingerprint density at radius 3 is 2.47 bits per heavy atom. The summed E-state index contributed by atoms with van der Waals surface area (Å²) in [5, 5.41) is 13.3. The molecule has 0 atom stereocenters. The van der Waals surface area contributed by atoms with Gasteiger partial charge >= 0.3 is 11.9 Å². The van der Waals surface area contributed by atoms with Crippen molar-refractivity contribution in [1.82, 2.24) is 4.42 Å². The molecule has 0 spiro atoms. The van der Waals surface area contributed by atoms with Crippen LogP contribution in [0.5, 0.6) is 17.2 Å². The number of hydrogen-bond acceptors (Lipinski definition) is 6. The van der Waals surface area contributed by atoms with E-state index in [9.17, 15) is 19.5 Å². The molecule has 0 bridgehead atoms. The molecule has 3 rings (SSSR count). The highest BCUT2D eigenvalue weighted by Gasteiger charge is 2.21. The van der Waals surface area contributed by atoms with Gasteiger partial charge in [0.1, 0.15) is 17.2 Å². The van der Waals surface area contributed by atoms with Crippen molar-refractivity contribution in [3.05, 3.63) is 81.3 Å². The Hall–Kier alpha value is -3.46. The molecular formula is C25H21Cl3N2O6. The third-order valence-electron chi connectivity index (χ3n) is 4.80. The summed E-state index contributed by atoms with van der Waals surface area (Å²) < 4.78 is 11.4. The lowest BCUT2D eigenvalue weighted by Crippen LogP contribution is -2.25. The summed E-state index contributed by atoms with van der Waals surface area (Å²) in [7, 11) is 0. The van der Waals surface area contributed by atoms with Crippen molar-refractivity contribution in [2.45, 2.75) is 20.4 Å². The third-order valence-corrected chi connectivity index (χ3v) is 5.59. The Labute approximate surface area is 222 Å². The summed E-state index contributed by atoms with van der Waals surface area (Å²) in [5.41, 5.74) is 1.41. The first kappa shape index (κ1) is 27.1. The van der Waals surface area contributed by atoms with E-state index in [-0.39, 0.29) is 46.7 Å². The number of carbonyl (C=O) groups is 3. The Kier molecular flexibility index (Phi) is 9.03. The molecule has 0 unspecified atom stereocenters. The Bertz CT molecular complexity index is 1290. The number of nitrogens with zero attached hydrogens (tertiary/aromatic N) is 1. The van der Waals surface area contributed by atoms with E-state index in [2.05, 4.69) is 10.1 Å². The summed E-state index contributed by atoms with van der Waals surface area (Å²) in [6, 6.07) is 13.9. The van der Waals surface area contributed by atoms with Gasteiger partial charge in [0.05, 0.1) is 23.7 Å². The molecule has 0 aromatic heterocycles. The van der Waals surface area contributed by atoms with E-state index in [4.69, 9.17) is 39.7 Å². The molecular weight excluding hydrogens is 531 g/mol. The summed E-state index contributed by atoms with van der Waals surface area (Å²) >= 11 is 18.5. The maximum Gasteiger partial charge on any atom is 0.397 e. The average Bonchev–Trinajstić information content (AvgIpc) is 2.82. The van der Waals surface area contributed by atoms with Crippen molar-refractivity contribution in [3.8, 4) is 17.2 Å². The van der Waals surface area contributed by atoms with Crippen LogP contribution in [0.2, 0.25) is 10.0 Å². The number of aryl methyl sites for hydroxylation is 1. The highest BCUT2D eigenvalue weighted by Crippen LogP contribution is 2.37. The number of ether oxygens (including phenoxy) is 2. The predicted octanol–water partition coefficient (Wildman–Crippen LogP) is 6.10. The lowest BCUT2D eigenvalue weighted by atomic mass is 10.1. The molecule has 0 saturated carbocycles. The van der Waals surface area contributed by atoms with Crippen molar-refractivity contribution in [3.63, 3.8) is 0 Å². The third kappa shape index (κ3) is 6.81. The fourth-order valence-corrected chi connectivity index (χ4v) is 3.92. The highest BCUT2D eigenvalue weighted by molar-refractivity contribution is 6.37. The first-order valence-corrected chi connectivity index (χ1v) is 11.7. The number of rotatable bonds is 7. The number of phenolic OH excluding ortho intramolecular Hbond substituents is 1. The number of anilines is 1. The smallest absolute Gasteiger partial charge is 0.397 e. The number of aromatic hydroxyl groups is 1. The van der Waals surface area contributed by atoms with Gasteiger partial charge in [-0.15, -0.1) is 0 Å². The zero-order valence-corrected chi connectivity index (χ0v) is 21.4. The summed E-state index contributed by atoms with van der Waals surface area (Å²) in [4.78, 5) is 36.3. The maximum absolute atomic E-state index is 12.9. The van der Waals surface area contributed by atoms with Gasteiger partial charge in [0.15, 0.2) is 0 Å². The lowest BCUT2D eigenvalue weighted by Gasteiger charge is -2.17. The van der Waals surface area contributed by atoms with Gasteiger partial charge in [-0.25, -0.2) is 9.21 Å². The van der Waals surface area contributed by atoms with Crippen molar-refractivity contribution in [2.24, 2.45) is 0 Å². The van der Waals surface area contributed by atoms with Crippen molar-refractivity contribution >= 4 is 58.4 Å².